The van der Waals surface area contributed by atoms with Gasteiger partial charge >= 0.3 is 0 Å². The zero-order valence-electron chi connectivity index (χ0n) is 22.0. The van der Waals surface area contributed by atoms with Gasteiger partial charge in [0.2, 0.25) is 10.0 Å². The largest absolute Gasteiger partial charge is 0.489 e. The molecule has 1 saturated heterocycles. The summed E-state index contributed by atoms with van der Waals surface area (Å²) in [6.45, 7) is 6.75. The van der Waals surface area contributed by atoms with Crippen molar-refractivity contribution in [3.05, 3.63) is 48.0 Å². The van der Waals surface area contributed by atoms with Crippen molar-refractivity contribution in [1.29, 1.82) is 4.78 Å². The van der Waals surface area contributed by atoms with Gasteiger partial charge in [-0.3, -0.25) is 4.31 Å². The van der Waals surface area contributed by atoms with Gasteiger partial charge in [-0.05, 0) is 61.1 Å². The molecular formula is C25H37N3O6S3. The molecule has 1 aliphatic rings. The molecule has 0 spiro atoms. The molecule has 9 nitrogen and oxygen atoms in total. The van der Waals surface area contributed by atoms with Crippen molar-refractivity contribution >= 4 is 35.5 Å². The van der Waals surface area contributed by atoms with E-state index in [2.05, 4.69) is 0 Å². The van der Waals surface area contributed by atoms with Crippen LogP contribution in [0.3, 0.4) is 0 Å². The summed E-state index contributed by atoms with van der Waals surface area (Å²) in [4.78, 5) is -0.0614. The van der Waals surface area contributed by atoms with Crippen LogP contribution in [-0.4, -0.2) is 63.6 Å². The van der Waals surface area contributed by atoms with E-state index in [1.54, 1.807) is 12.1 Å². The Balaban J connectivity index is 1.96. The molecule has 0 saturated carbocycles. The molecule has 0 bridgehead atoms. The molecule has 2 aromatic carbocycles. The van der Waals surface area contributed by atoms with Crippen molar-refractivity contribution < 1.29 is 25.8 Å². The third kappa shape index (κ3) is 7.24. The maximum atomic E-state index is 13.8. The first-order valence-electron chi connectivity index (χ1n) is 12.2. The number of benzene rings is 2. The number of aryl methyl sites for hydroxylation is 1. The van der Waals surface area contributed by atoms with E-state index in [-0.39, 0.29) is 34.1 Å². The van der Waals surface area contributed by atoms with Crippen LogP contribution in [-0.2, 0) is 36.2 Å². The molecule has 12 heteroatoms. The maximum absolute atomic E-state index is 13.8. The summed E-state index contributed by atoms with van der Waals surface area (Å²) < 4.78 is 81.1. The number of piperidine rings is 1. The molecule has 0 amide bonds. The Morgan fingerprint density at radius 2 is 1.59 bits per heavy atom. The molecule has 206 valence electrons. The van der Waals surface area contributed by atoms with Crippen LogP contribution in [0.5, 0.6) is 5.75 Å². The highest BCUT2D eigenvalue weighted by molar-refractivity contribution is 7.93. The number of ether oxygens (including phenoxy) is 1. The minimum atomic E-state index is -4.03. The van der Waals surface area contributed by atoms with Crippen molar-refractivity contribution in [3.8, 4) is 5.75 Å². The lowest BCUT2D eigenvalue weighted by atomic mass is 10.1. The fraction of sp³-hybridized carbons (Fsp3) is 0.520. The number of sulfonamides is 2. The minimum absolute atomic E-state index is 0.00458. The van der Waals surface area contributed by atoms with Crippen molar-refractivity contribution in [2.45, 2.75) is 55.9 Å². The van der Waals surface area contributed by atoms with Crippen LogP contribution >= 0.6 is 0 Å². The molecule has 1 atom stereocenters. The second-order valence-electron chi connectivity index (χ2n) is 9.88. The van der Waals surface area contributed by atoms with Crippen LogP contribution in [0.15, 0.2) is 52.3 Å². The van der Waals surface area contributed by atoms with E-state index in [4.69, 9.17) is 9.52 Å². The topological polar surface area (TPSA) is 125 Å². The van der Waals surface area contributed by atoms with Crippen LogP contribution in [0, 0.1) is 10.7 Å². The van der Waals surface area contributed by atoms with Crippen LogP contribution in [0.1, 0.15) is 39.2 Å². The predicted molar refractivity (Wildman–Crippen MR) is 147 cm³/mol. The fourth-order valence-electron chi connectivity index (χ4n) is 4.21. The Morgan fingerprint density at radius 3 is 2.08 bits per heavy atom. The molecule has 1 fully saturated rings. The quantitative estimate of drug-likeness (QED) is 0.461. The summed E-state index contributed by atoms with van der Waals surface area (Å²) >= 11 is 0. The summed E-state index contributed by atoms with van der Waals surface area (Å²) in [6.07, 6.45) is 3.77. The summed E-state index contributed by atoms with van der Waals surface area (Å²) in [5.41, 5.74) is 1.63. The summed E-state index contributed by atoms with van der Waals surface area (Å²) in [6, 6.07) is 11.5. The van der Waals surface area contributed by atoms with Gasteiger partial charge < -0.3 is 4.74 Å². The summed E-state index contributed by atoms with van der Waals surface area (Å²) in [5, 5.41) is 0. The zero-order valence-corrected chi connectivity index (χ0v) is 24.5. The summed E-state index contributed by atoms with van der Waals surface area (Å²) in [5.74, 6) is 0.231. The Bertz CT molecular complexity index is 1410. The van der Waals surface area contributed by atoms with Crippen molar-refractivity contribution in [1.82, 2.24) is 4.31 Å². The highest BCUT2D eigenvalue weighted by Gasteiger charge is 2.30. The van der Waals surface area contributed by atoms with Gasteiger partial charge in [-0.1, -0.05) is 32.9 Å². The van der Waals surface area contributed by atoms with Gasteiger partial charge in [0.25, 0.3) is 10.0 Å². The average molecular weight is 572 g/mol. The average Bonchev–Trinajstić information content (AvgIpc) is 2.81. The van der Waals surface area contributed by atoms with Crippen molar-refractivity contribution in [2.24, 2.45) is 5.92 Å². The van der Waals surface area contributed by atoms with Crippen molar-refractivity contribution in [3.63, 3.8) is 0 Å². The SMILES string of the molecule is CCc1ccc(N(CC(C)C)S(=O)(=O)c2ccc(OC3CCN(S(C)(=O)=O)CC3)c(S(C)(=N)=O)c2)cc1. The van der Waals surface area contributed by atoms with Gasteiger partial charge in [0.1, 0.15) is 11.9 Å². The van der Waals surface area contributed by atoms with E-state index in [0.29, 0.717) is 31.6 Å². The second kappa shape index (κ2) is 11.3. The van der Waals surface area contributed by atoms with E-state index in [1.165, 1.54) is 39.3 Å². The first-order chi connectivity index (χ1) is 17.1. The molecule has 0 aromatic heterocycles. The smallest absolute Gasteiger partial charge is 0.264 e. The van der Waals surface area contributed by atoms with Gasteiger partial charge in [0, 0.05) is 25.9 Å². The van der Waals surface area contributed by atoms with Crippen LogP contribution in [0.25, 0.3) is 0 Å². The molecule has 3 rings (SSSR count). The first kappa shape index (κ1) is 29.4. The van der Waals surface area contributed by atoms with Crippen LogP contribution in [0.4, 0.5) is 5.69 Å². The molecular weight excluding hydrogens is 534 g/mol. The number of nitrogens with zero attached hydrogens (tertiary/aromatic N) is 2. The Kier molecular flexibility index (Phi) is 8.98. The van der Waals surface area contributed by atoms with E-state index in [1.807, 2.05) is 32.9 Å². The van der Waals surface area contributed by atoms with Gasteiger partial charge in [0.15, 0.2) is 0 Å². The standard InChI is InChI=1S/C25H37N3O6S3/c1-6-20-7-9-21(10-8-20)28(18-19(2)3)37(32,33)23-11-12-24(25(17-23)35(4,26)29)34-22-13-15-27(16-14-22)36(5,30)31/h7-12,17,19,22,26H,6,13-16,18H2,1-5H3. The number of anilines is 1. The number of rotatable bonds is 10. The third-order valence-electron chi connectivity index (χ3n) is 6.25. The lowest BCUT2D eigenvalue weighted by molar-refractivity contribution is 0.132. The Hall–Kier alpha value is -2.15. The van der Waals surface area contributed by atoms with E-state index >= 15 is 0 Å². The highest BCUT2D eigenvalue weighted by atomic mass is 32.2. The number of nitrogens with one attached hydrogen (secondary N) is 1. The van der Waals surface area contributed by atoms with E-state index < -0.39 is 29.8 Å². The van der Waals surface area contributed by atoms with Gasteiger partial charge in [-0.2, -0.15) is 0 Å². The molecule has 37 heavy (non-hydrogen) atoms. The van der Waals surface area contributed by atoms with E-state index in [9.17, 15) is 21.0 Å². The van der Waals surface area contributed by atoms with Gasteiger partial charge in [-0.25, -0.2) is 30.1 Å². The molecule has 1 heterocycles. The monoisotopic (exact) mass is 571 g/mol. The molecule has 1 aliphatic heterocycles. The fourth-order valence-corrected chi connectivity index (χ4v) is 7.67. The highest BCUT2D eigenvalue weighted by Crippen LogP contribution is 2.33. The Labute approximate surface area is 221 Å². The van der Waals surface area contributed by atoms with E-state index in [0.717, 1.165) is 12.0 Å². The maximum Gasteiger partial charge on any atom is 0.264 e. The number of hydrogen-bond donors (Lipinski definition) is 1. The second-order valence-corrected chi connectivity index (χ2v) is 15.9. The molecule has 1 unspecified atom stereocenters. The zero-order chi connectivity index (χ0) is 27.6. The van der Waals surface area contributed by atoms with Crippen molar-refractivity contribution in [2.75, 3.05) is 36.5 Å². The molecule has 1 N–H and O–H groups in total. The molecule has 2 aromatic rings. The number of hydrogen-bond acceptors (Lipinski definition) is 7. The third-order valence-corrected chi connectivity index (χ3v) is 10.5. The van der Waals surface area contributed by atoms with Crippen LogP contribution in [0.2, 0.25) is 0 Å². The minimum Gasteiger partial charge on any atom is -0.489 e. The predicted octanol–water partition coefficient (Wildman–Crippen LogP) is 3.94. The molecule has 0 radical (unpaired) electrons. The van der Waals surface area contributed by atoms with Gasteiger partial charge in [-0.15, -0.1) is 0 Å². The lowest BCUT2D eigenvalue weighted by Gasteiger charge is -2.31. The Morgan fingerprint density at radius 1 is 1.00 bits per heavy atom. The summed E-state index contributed by atoms with van der Waals surface area (Å²) in [7, 11) is -10.7. The normalized spacial score (nSPS) is 17.5. The van der Waals surface area contributed by atoms with Gasteiger partial charge in [0.05, 0.1) is 31.5 Å². The first-order valence-corrected chi connectivity index (χ1v) is 17.5. The lowest BCUT2D eigenvalue weighted by Crippen LogP contribution is -2.41. The van der Waals surface area contributed by atoms with Crippen LogP contribution < -0.4 is 9.04 Å². The molecule has 0 aliphatic carbocycles.